The van der Waals surface area contributed by atoms with Crippen LogP contribution in [-0.2, 0) is 0 Å². The summed E-state index contributed by atoms with van der Waals surface area (Å²) in [6.07, 6.45) is 14.9. The van der Waals surface area contributed by atoms with Crippen molar-refractivity contribution in [1.82, 2.24) is 9.73 Å². The third-order valence-electron chi connectivity index (χ3n) is 4.20. The van der Waals surface area contributed by atoms with Gasteiger partial charge in [-0.25, -0.2) is 0 Å². The van der Waals surface area contributed by atoms with Crippen molar-refractivity contribution < 1.29 is 0 Å². The lowest BCUT2D eigenvalue weighted by Gasteiger charge is -2.22. The van der Waals surface area contributed by atoms with E-state index in [0.29, 0.717) is 0 Å². The molecule has 5 heteroatoms. The lowest BCUT2D eigenvalue weighted by atomic mass is 10.0. The SMILES string of the molecule is CCCCNSC1=CC=C(N(C)/N=C(\C)C2=CC=C(Cl)CC2)CC1. The zero-order valence-corrected chi connectivity index (χ0v) is 16.5. The molecule has 0 aromatic heterocycles. The maximum Gasteiger partial charge on any atom is 0.0610 e. The topological polar surface area (TPSA) is 27.6 Å². The molecule has 132 valence electrons. The van der Waals surface area contributed by atoms with Gasteiger partial charge in [-0.2, -0.15) is 5.10 Å². The second-order valence-electron chi connectivity index (χ2n) is 6.16. The molecular formula is C19H28ClN3S. The minimum Gasteiger partial charge on any atom is -0.272 e. The number of hydrogen-bond acceptors (Lipinski definition) is 4. The summed E-state index contributed by atoms with van der Waals surface area (Å²) in [6, 6.07) is 0. The van der Waals surface area contributed by atoms with Crippen LogP contribution in [0.2, 0.25) is 0 Å². The molecule has 0 aromatic carbocycles. The highest BCUT2D eigenvalue weighted by atomic mass is 35.5. The van der Waals surface area contributed by atoms with Crippen LogP contribution in [0.1, 0.15) is 52.4 Å². The van der Waals surface area contributed by atoms with Gasteiger partial charge in [0.2, 0.25) is 0 Å². The van der Waals surface area contributed by atoms with E-state index in [1.165, 1.54) is 29.0 Å². The van der Waals surface area contributed by atoms with Gasteiger partial charge in [0.25, 0.3) is 0 Å². The molecule has 24 heavy (non-hydrogen) atoms. The summed E-state index contributed by atoms with van der Waals surface area (Å²) in [5, 5.41) is 7.69. The Hall–Kier alpha value is -0.970. The van der Waals surface area contributed by atoms with Crippen molar-refractivity contribution >= 4 is 29.3 Å². The molecule has 1 N–H and O–H groups in total. The number of hydrogen-bond donors (Lipinski definition) is 1. The lowest BCUT2D eigenvalue weighted by molar-refractivity contribution is 0.425. The smallest absolute Gasteiger partial charge is 0.0610 e. The average molecular weight is 366 g/mol. The van der Waals surface area contributed by atoms with Crippen LogP contribution in [0.4, 0.5) is 0 Å². The molecule has 3 nitrogen and oxygen atoms in total. The fraction of sp³-hybridized carbons (Fsp3) is 0.526. The highest BCUT2D eigenvalue weighted by Crippen LogP contribution is 2.27. The second-order valence-corrected chi connectivity index (χ2v) is 7.66. The van der Waals surface area contributed by atoms with E-state index < -0.39 is 0 Å². The third-order valence-corrected chi connectivity index (χ3v) is 5.47. The van der Waals surface area contributed by atoms with E-state index in [-0.39, 0.29) is 0 Å². The van der Waals surface area contributed by atoms with Crippen LogP contribution in [0.25, 0.3) is 0 Å². The van der Waals surface area contributed by atoms with Gasteiger partial charge in [0.05, 0.1) is 5.71 Å². The van der Waals surface area contributed by atoms with Crippen molar-refractivity contribution in [3.8, 4) is 0 Å². The average Bonchev–Trinajstić information content (AvgIpc) is 2.59. The summed E-state index contributed by atoms with van der Waals surface area (Å²) in [6.45, 7) is 5.37. The van der Waals surface area contributed by atoms with E-state index in [1.807, 2.05) is 18.1 Å². The predicted octanol–water partition coefficient (Wildman–Crippen LogP) is 5.74. The van der Waals surface area contributed by atoms with Crippen LogP contribution in [0.15, 0.2) is 50.6 Å². The zero-order chi connectivity index (χ0) is 17.4. The molecule has 0 saturated carbocycles. The molecule has 0 fully saturated rings. The maximum absolute atomic E-state index is 6.02. The number of rotatable bonds is 8. The quantitative estimate of drug-likeness (QED) is 0.257. The minimum atomic E-state index is 0.918. The van der Waals surface area contributed by atoms with E-state index in [9.17, 15) is 0 Å². The summed E-state index contributed by atoms with van der Waals surface area (Å²) >= 11 is 7.80. The monoisotopic (exact) mass is 365 g/mol. The Labute approximate surface area is 155 Å². The number of halogens is 1. The van der Waals surface area contributed by atoms with Gasteiger partial charge in [-0.1, -0.05) is 31.0 Å². The molecule has 0 spiro atoms. The molecule has 0 unspecified atom stereocenters. The normalized spacial score (nSPS) is 18.6. The van der Waals surface area contributed by atoms with Gasteiger partial charge in [0.1, 0.15) is 0 Å². The molecule has 2 aliphatic carbocycles. The van der Waals surface area contributed by atoms with Crippen molar-refractivity contribution in [2.45, 2.75) is 52.4 Å². The molecule has 2 rings (SSSR count). The van der Waals surface area contributed by atoms with Crippen molar-refractivity contribution in [2.75, 3.05) is 13.6 Å². The van der Waals surface area contributed by atoms with Crippen molar-refractivity contribution in [3.63, 3.8) is 0 Å². The zero-order valence-electron chi connectivity index (χ0n) is 14.9. The van der Waals surface area contributed by atoms with Crippen LogP contribution >= 0.6 is 23.5 Å². The first-order chi connectivity index (χ1) is 11.6. The highest BCUT2D eigenvalue weighted by Gasteiger charge is 2.12. The first-order valence-electron chi connectivity index (χ1n) is 8.74. The standard InChI is InChI=1S/C19H28ClN3S/c1-4-5-14-21-24-19-12-10-18(11-13-19)23(3)22-15(2)16-6-8-17(20)9-7-16/h6,8,10,12,21H,4-5,7,9,11,13-14H2,1-3H3/b22-15+. The molecular weight excluding hydrogens is 338 g/mol. The molecule has 0 heterocycles. The van der Waals surface area contributed by atoms with E-state index in [1.54, 1.807) is 11.9 Å². The minimum absolute atomic E-state index is 0.918. The van der Waals surface area contributed by atoms with Crippen molar-refractivity contribution in [2.24, 2.45) is 5.10 Å². The highest BCUT2D eigenvalue weighted by molar-refractivity contribution is 8.01. The van der Waals surface area contributed by atoms with Gasteiger partial charge in [-0.15, -0.1) is 0 Å². The summed E-state index contributed by atoms with van der Waals surface area (Å²) in [5.41, 5.74) is 3.61. The third kappa shape index (κ3) is 6.15. The Kier molecular flexibility index (Phi) is 8.16. The van der Waals surface area contributed by atoms with Crippen LogP contribution in [0, 0.1) is 0 Å². The molecule has 0 aliphatic heterocycles. The van der Waals surface area contributed by atoms with Crippen molar-refractivity contribution in [1.29, 1.82) is 0 Å². The largest absolute Gasteiger partial charge is 0.272 e. The number of nitrogens with one attached hydrogen (secondary N) is 1. The van der Waals surface area contributed by atoms with Crippen LogP contribution < -0.4 is 4.72 Å². The van der Waals surface area contributed by atoms with Crippen LogP contribution in [0.5, 0.6) is 0 Å². The van der Waals surface area contributed by atoms with Gasteiger partial charge in [0.15, 0.2) is 0 Å². The fourth-order valence-electron chi connectivity index (χ4n) is 2.62. The second kappa shape index (κ2) is 10.1. The number of allylic oxidation sites excluding steroid dienone is 8. The fourth-order valence-corrected chi connectivity index (χ4v) is 3.55. The van der Waals surface area contributed by atoms with Gasteiger partial charge in [0, 0.05) is 29.2 Å². The van der Waals surface area contributed by atoms with E-state index in [2.05, 4.69) is 36.8 Å². The Morgan fingerprint density at radius 3 is 2.67 bits per heavy atom. The van der Waals surface area contributed by atoms with Gasteiger partial charge >= 0.3 is 0 Å². The molecule has 0 radical (unpaired) electrons. The first-order valence-corrected chi connectivity index (χ1v) is 9.93. The van der Waals surface area contributed by atoms with Gasteiger partial charge in [-0.3, -0.25) is 9.73 Å². The summed E-state index contributed by atoms with van der Waals surface area (Å²) < 4.78 is 3.43. The number of nitrogens with zero attached hydrogens (tertiary/aromatic N) is 2. The van der Waals surface area contributed by atoms with E-state index in [0.717, 1.165) is 43.0 Å². The van der Waals surface area contributed by atoms with Crippen molar-refractivity contribution in [3.05, 3.63) is 45.5 Å². The Balaban J connectivity index is 1.90. The van der Waals surface area contributed by atoms with Crippen LogP contribution in [0.3, 0.4) is 0 Å². The van der Waals surface area contributed by atoms with Gasteiger partial charge < -0.3 is 0 Å². The Morgan fingerprint density at radius 1 is 1.21 bits per heavy atom. The van der Waals surface area contributed by atoms with Crippen LogP contribution in [-0.4, -0.2) is 24.3 Å². The molecule has 2 aliphatic rings. The summed E-state index contributed by atoms with van der Waals surface area (Å²) in [7, 11) is 2.03. The Bertz CT molecular complexity index is 587. The molecule has 0 amide bonds. The molecule has 0 aromatic rings. The summed E-state index contributed by atoms with van der Waals surface area (Å²) in [5.74, 6) is 0. The number of hydrazone groups is 1. The number of unbranched alkanes of at least 4 members (excludes halogenated alkanes) is 1. The predicted molar refractivity (Wildman–Crippen MR) is 108 cm³/mol. The first kappa shape index (κ1) is 19.4. The summed E-state index contributed by atoms with van der Waals surface area (Å²) in [4.78, 5) is 1.40. The molecule has 0 atom stereocenters. The van der Waals surface area contributed by atoms with E-state index in [4.69, 9.17) is 16.7 Å². The van der Waals surface area contributed by atoms with Gasteiger partial charge in [-0.05, 0) is 74.8 Å². The van der Waals surface area contributed by atoms with E-state index >= 15 is 0 Å². The molecule has 0 saturated heterocycles. The lowest BCUT2D eigenvalue weighted by Crippen LogP contribution is -2.16. The maximum atomic E-state index is 6.02. The Morgan fingerprint density at radius 2 is 2.04 bits per heavy atom. The molecule has 0 bridgehead atoms.